The molecule has 0 N–H and O–H groups in total. The molecular formula is C23H25N7O2. The first-order valence-corrected chi connectivity index (χ1v) is 10.7. The zero-order chi connectivity index (χ0) is 22.1. The lowest BCUT2D eigenvalue weighted by Crippen LogP contribution is -2.49. The Morgan fingerprint density at radius 1 is 0.969 bits per heavy atom. The van der Waals surface area contributed by atoms with Crippen molar-refractivity contribution < 1.29 is 9.53 Å². The van der Waals surface area contributed by atoms with Gasteiger partial charge in [-0.3, -0.25) is 4.68 Å². The molecule has 32 heavy (non-hydrogen) atoms. The summed E-state index contributed by atoms with van der Waals surface area (Å²) in [4.78, 5) is 21.2. The Hall–Kier alpha value is -3.88. The number of aryl methyl sites for hydroxylation is 1. The monoisotopic (exact) mass is 431 g/mol. The molecule has 1 amide bonds. The lowest BCUT2D eigenvalue weighted by Gasteiger charge is -2.35. The second-order valence-corrected chi connectivity index (χ2v) is 7.95. The number of ether oxygens (including phenoxy) is 1. The SMILES string of the molecule is C[C@@H](OC(=O)N1CCN(c2cnn3cc(-c4cnn(C)c4)cnc23)CC1)c1ccccc1. The van der Waals surface area contributed by atoms with Crippen molar-refractivity contribution in [1.29, 1.82) is 0 Å². The number of carbonyl (C=O) groups excluding carboxylic acids is 1. The molecule has 1 aliphatic rings. The largest absolute Gasteiger partial charge is 0.442 e. The Kier molecular flexibility index (Phi) is 5.22. The molecule has 0 aliphatic carbocycles. The zero-order valence-electron chi connectivity index (χ0n) is 18.1. The minimum absolute atomic E-state index is 0.278. The smallest absolute Gasteiger partial charge is 0.410 e. The van der Waals surface area contributed by atoms with Crippen LogP contribution in [0.2, 0.25) is 0 Å². The van der Waals surface area contributed by atoms with Crippen LogP contribution in [-0.2, 0) is 11.8 Å². The van der Waals surface area contributed by atoms with Gasteiger partial charge in [-0.2, -0.15) is 10.2 Å². The third kappa shape index (κ3) is 3.89. The number of anilines is 1. The van der Waals surface area contributed by atoms with Crippen molar-refractivity contribution in [2.24, 2.45) is 7.05 Å². The quantitative estimate of drug-likeness (QED) is 0.494. The molecule has 4 heterocycles. The van der Waals surface area contributed by atoms with E-state index >= 15 is 0 Å². The fourth-order valence-electron chi connectivity index (χ4n) is 3.95. The number of hydrogen-bond donors (Lipinski definition) is 0. The van der Waals surface area contributed by atoms with Crippen molar-refractivity contribution >= 4 is 17.4 Å². The summed E-state index contributed by atoms with van der Waals surface area (Å²) in [6.45, 7) is 4.47. The molecule has 0 bridgehead atoms. The van der Waals surface area contributed by atoms with Gasteiger partial charge in [0.2, 0.25) is 0 Å². The molecule has 5 rings (SSSR count). The Bertz CT molecular complexity index is 1230. The minimum atomic E-state index is -0.278. The predicted octanol–water partition coefficient (Wildman–Crippen LogP) is 3.15. The number of amides is 1. The molecule has 1 aromatic carbocycles. The van der Waals surface area contributed by atoms with E-state index in [4.69, 9.17) is 4.74 Å². The Morgan fingerprint density at radius 2 is 1.72 bits per heavy atom. The first-order valence-electron chi connectivity index (χ1n) is 10.7. The van der Waals surface area contributed by atoms with Crippen LogP contribution in [0, 0.1) is 0 Å². The maximum atomic E-state index is 12.6. The number of nitrogens with zero attached hydrogens (tertiary/aromatic N) is 7. The topological polar surface area (TPSA) is 80.8 Å². The average molecular weight is 432 g/mol. The van der Waals surface area contributed by atoms with Crippen LogP contribution in [0.1, 0.15) is 18.6 Å². The van der Waals surface area contributed by atoms with Gasteiger partial charge >= 0.3 is 6.09 Å². The molecule has 1 saturated heterocycles. The highest BCUT2D eigenvalue weighted by Crippen LogP contribution is 2.25. The molecule has 0 unspecified atom stereocenters. The maximum Gasteiger partial charge on any atom is 0.410 e. The van der Waals surface area contributed by atoms with Gasteiger partial charge in [-0.15, -0.1) is 0 Å². The Balaban J connectivity index is 1.23. The highest BCUT2D eigenvalue weighted by atomic mass is 16.6. The van der Waals surface area contributed by atoms with Gasteiger partial charge < -0.3 is 14.5 Å². The van der Waals surface area contributed by atoms with Crippen LogP contribution < -0.4 is 4.90 Å². The van der Waals surface area contributed by atoms with E-state index in [2.05, 4.69) is 20.1 Å². The van der Waals surface area contributed by atoms with Gasteiger partial charge in [0.1, 0.15) is 11.8 Å². The summed E-state index contributed by atoms with van der Waals surface area (Å²) in [6.07, 6.45) is 8.84. The summed E-state index contributed by atoms with van der Waals surface area (Å²) in [5.41, 5.74) is 4.71. The average Bonchev–Trinajstić information content (AvgIpc) is 3.45. The molecule has 1 atom stereocenters. The van der Waals surface area contributed by atoms with Gasteiger partial charge in [0.05, 0.1) is 12.4 Å². The normalized spacial score (nSPS) is 15.2. The van der Waals surface area contributed by atoms with Gasteiger partial charge in [-0.25, -0.2) is 14.3 Å². The van der Waals surface area contributed by atoms with Crippen molar-refractivity contribution in [3.63, 3.8) is 0 Å². The second kappa shape index (κ2) is 8.33. The number of fused-ring (bicyclic) bond motifs is 1. The number of benzene rings is 1. The van der Waals surface area contributed by atoms with Crippen molar-refractivity contribution in [3.05, 3.63) is 66.9 Å². The molecule has 3 aromatic heterocycles. The standard InChI is InChI=1S/C23H25N7O2/c1-17(18-6-4-3-5-7-18)32-23(31)29-10-8-28(9-11-29)21-14-26-30-16-19(12-24-22(21)30)20-13-25-27(2)15-20/h3-7,12-17H,8-11H2,1-2H3/t17-/m1/s1. The molecule has 9 heteroatoms. The summed E-state index contributed by atoms with van der Waals surface area (Å²) in [5.74, 6) is 0. The van der Waals surface area contributed by atoms with Crippen LogP contribution in [0.15, 0.2) is 61.3 Å². The van der Waals surface area contributed by atoms with Crippen LogP contribution >= 0.6 is 0 Å². The summed E-state index contributed by atoms with van der Waals surface area (Å²) < 4.78 is 9.22. The van der Waals surface area contributed by atoms with E-state index in [1.165, 1.54) is 0 Å². The molecule has 0 spiro atoms. The van der Waals surface area contributed by atoms with E-state index < -0.39 is 0 Å². The molecule has 4 aromatic rings. The summed E-state index contributed by atoms with van der Waals surface area (Å²) in [5, 5.41) is 8.71. The third-order valence-corrected chi connectivity index (χ3v) is 5.80. The number of hydrogen-bond acceptors (Lipinski definition) is 6. The maximum absolute atomic E-state index is 12.6. The van der Waals surface area contributed by atoms with Crippen LogP contribution in [0.3, 0.4) is 0 Å². The van der Waals surface area contributed by atoms with Crippen LogP contribution in [-0.4, -0.2) is 61.6 Å². The summed E-state index contributed by atoms with van der Waals surface area (Å²) >= 11 is 0. The second-order valence-electron chi connectivity index (χ2n) is 7.95. The fourth-order valence-corrected chi connectivity index (χ4v) is 3.95. The molecule has 0 saturated carbocycles. The number of rotatable bonds is 4. The minimum Gasteiger partial charge on any atom is -0.442 e. The number of carbonyl (C=O) groups is 1. The van der Waals surface area contributed by atoms with E-state index in [0.717, 1.165) is 28.0 Å². The number of piperazine rings is 1. The molecule has 1 fully saturated rings. The Morgan fingerprint density at radius 3 is 2.44 bits per heavy atom. The lowest BCUT2D eigenvalue weighted by atomic mass is 10.1. The molecule has 9 nitrogen and oxygen atoms in total. The van der Waals surface area contributed by atoms with Crippen molar-refractivity contribution in [2.75, 3.05) is 31.1 Å². The van der Waals surface area contributed by atoms with E-state index in [-0.39, 0.29) is 12.2 Å². The van der Waals surface area contributed by atoms with Crippen LogP contribution in [0.4, 0.5) is 10.5 Å². The molecule has 164 valence electrons. The summed E-state index contributed by atoms with van der Waals surface area (Å²) in [6, 6.07) is 9.78. The van der Waals surface area contributed by atoms with Crippen molar-refractivity contribution in [1.82, 2.24) is 29.3 Å². The van der Waals surface area contributed by atoms with E-state index in [9.17, 15) is 4.79 Å². The zero-order valence-corrected chi connectivity index (χ0v) is 18.1. The first-order chi connectivity index (χ1) is 15.6. The number of aromatic nitrogens is 5. The van der Waals surface area contributed by atoms with E-state index in [0.29, 0.717) is 26.2 Å². The molecule has 1 aliphatic heterocycles. The highest BCUT2D eigenvalue weighted by Gasteiger charge is 2.25. The highest BCUT2D eigenvalue weighted by molar-refractivity contribution is 5.72. The molecular weight excluding hydrogens is 406 g/mol. The van der Waals surface area contributed by atoms with Gasteiger partial charge in [0, 0.05) is 62.9 Å². The van der Waals surface area contributed by atoms with Gasteiger partial charge in [-0.05, 0) is 12.5 Å². The van der Waals surface area contributed by atoms with Gasteiger partial charge in [0.15, 0.2) is 5.65 Å². The van der Waals surface area contributed by atoms with E-state index in [1.54, 1.807) is 14.1 Å². The van der Waals surface area contributed by atoms with Gasteiger partial charge in [0.25, 0.3) is 0 Å². The van der Waals surface area contributed by atoms with Crippen LogP contribution in [0.5, 0.6) is 0 Å². The first kappa shape index (κ1) is 20.0. The third-order valence-electron chi connectivity index (χ3n) is 5.80. The van der Waals surface area contributed by atoms with Gasteiger partial charge in [-0.1, -0.05) is 30.3 Å². The summed E-state index contributed by atoms with van der Waals surface area (Å²) in [7, 11) is 1.89. The predicted molar refractivity (Wildman–Crippen MR) is 120 cm³/mol. The Labute approximate surface area is 185 Å². The van der Waals surface area contributed by atoms with E-state index in [1.807, 2.05) is 75.3 Å². The van der Waals surface area contributed by atoms with Crippen molar-refractivity contribution in [2.45, 2.75) is 13.0 Å². The lowest BCUT2D eigenvalue weighted by molar-refractivity contribution is 0.0681. The van der Waals surface area contributed by atoms with Crippen LogP contribution in [0.25, 0.3) is 16.8 Å². The fraction of sp³-hybridized carbons (Fsp3) is 0.304. The molecule has 0 radical (unpaired) electrons. The van der Waals surface area contributed by atoms with Crippen molar-refractivity contribution in [3.8, 4) is 11.1 Å².